The largest absolute Gasteiger partial charge is 0.300 e. The van der Waals surface area contributed by atoms with Crippen LogP contribution in [0.2, 0.25) is 0 Å². The molecule has 6 rings (SSSR count). The van der Waals surface area contributed by atoms with Crippen LogP contribution in [0.25, 0.3) is 0 Å². The van der Waals surface area contributed by atoms with Crippen molar-refractivity contribution in [2.24, 2.45) is 11.0 Å². The fourth-order valence-corrected chi connectivity index (χ4v) is 5.04. The average Bonchev–Trinajstić information content (AvgIpc) is 2.96. The van der Waals surface area contributed by atoms with E-state index in [2.05, 4.69) is 44.6 Å². The summed E-state index contributed by atoms with van der Waals surface area (Å²) in [6.07, 6.45) is 0. The summed E-state index contributed by atoms with van der Waals surface area (Å²) in [5, 5.41) is 4.68. The number of fused-ring (bicyclic) bond motifs is 1. The highest BCUT2D eigenvalue weighted by atomic mass is 19.1. The van der Waals surface area contributed by atoms with Gasteiger partial charge >= 0.3 is 0 Å². The van der Waals surface area contributed by atoms with Gasteiger partial charge in [0.15, 0.2) is 0 Å². The van der Waals surface area contributed by atoms with Gasteiger partial charge in [-0.25, -0.2) is 9.82 Å². The van der Waals surface area contributed by atoms with Gasteiger partial charge in [0, 0.05) is 50.7 Å². The number of nitrogens with zero attached hydrogens (tertiary/aromatic N) is 3. The number of piperidine rings is 2. The van der Waals surface area contributed by atoms with Crippen LogP contribution in [0.3, 0.4) is 0 Å². The number of hydrazone groups is 1. The molecule has 2 aromatic rings. The van der Waals surface area contributed by atoms with Crippen molar-refractivity contribution < 1.29 is 9.18 Å². The summed E-state index contributed by atoms with van der Waals surface area (Å²) in [5.74, 6) is -0.354. The maximum atomic E-state index is 13.1. The lowest BCUT2D eigenvalue weighted by Gasteiger charge is -2.50. The molecule has 4 heterocycles. The molecular weight excluding hydrogens is 355 g/mol. The van der Waals surface area contributed by atoms with Crippen LogP contribution in [0.4, 0.5) is 4.39 Å². The van der Waals surface area contributed by atoms with E-state index >= 15 is 0 Å². The first kappa shape index (κ1) is 17.5. The maximum absolute atomic E-state index is 13.1. The number of hydrogen-bond acceptors (Lipinski definition) is 4. The number of amides is 1. The number of benzene rings is 2. The van der Waals surface area contributed by atoms with E-state index in [4.69, 9.17) is 0 Å². The van der Waals surface area contributed by atoms with E-state index in [1.54, 1.807) is 0 Å². The molecule has 2 atom stereocenters. The fourth-order valence-electron chi connectivity index (χ4n) is 5.04. The lowest BCUT2D eigenvalue weighted by molar-refractivity contribution is 0.0952. The summed E-state index contributed by atoms with van der Waals surface area (Å²) in [5.41, 5.74) is 5.29. The Bertz CT molecular complexity index is 896. The molecule has 2 unspecified atom stereocenters. The monoisotopic (exact) mass is 378 g/mol. The minimum Gasteiger partial charge on any atom is -0.300 e. The van der Waals surface area contributed by atoms with Crippen LogP contribution >= 0.6 is 0 Å². The second-order valence-electron chi connectivity index (χ2n) is 8.06. The Hall–Kier alpha value is -2.57. The smallest absolute Gasteiger partial charge is 0.271 e. The van der Waals surface area contributed by atoms with Gasteiger partial charge in [0.25, 0.3) is 5.91 Å². The summed E-state index contributed by atoms with van der Waals surface area (Å²) in [6, 6.07) is 16.1. The zero-order valence-electron chi connectivity index (χ0n) is 15.6. The molecule has 4 bridgehead atoms. The Kier molecular flexibility index (Phi) is 4.25. The van der Waals surface area contributed by atoms with E-state index in [0.717, 1.165) is 45.0 Å². The average molecular weight is 378 g/mol. The van der Waals surface area contributed by atoms with Crippen LogP contribution < -0.4 is 5.43 Å². The molecule has 28 heavy (non-hydrogen) atoms. The van der Waals surface area contributed by atoms with Gasteiger partial charge in [0.1, 0.15) is 5.82 Å². The highest BCUT2D eigenvalue weighted by Crippen LogP contribution is 2.41. The Morgan fingerprint density at radius 3 is 2.29 bits per heavy atom. The molecule has 4 fully saturated rings. The van der Waals surface area contributed by atoms with E-state index in [0.29, 0.717) is 11.5 Å². The van der Waals surface area contributed by atoms with Gasteiger partial charge < -0.3 is 9.80 Å². The van der Waals surface area contributed by atoms with Crippen molar-refractivity contribution in [1.29, 1.82) is 0 Å². The molecule has 0 aliphatic carbocycles. The zero-order valence-corrected chi connectivity index (χ0v) is 15.6. The number of carbonyl (C=O) groups is 1. The summed E-state index contributed by atoms with van der Waals surface area (Å²) in [4.78, 5) is 17.6. The highest BCUT2D eigenvalue weighted by molar-refractivity contribution is 6.01. The molecule has 0 radical (unpaired) electrons. The third kappa shape index (κ3) is 2.93. The molecule has 1 N–H and O–H groups in total. The Labute approximate surface area is 163 Å². The van der Waals surface area contributed by atoms with Gasteiger partial charge in [-0.3, -0.25) is 4.79 Å². The van der Waals surface area contributed by atoms with Crippen LogP contribution in [0.15, 0.2) is 59.7 Å². The number of hydrogen-bond donors (Lipinski definition) is 1. The minimum absolute atomic E-state index is 0.199. The SMILES string of the molecule is O=C(N/N=C1/C2CN3CCN(C2)CC1(c1ccccc1)C3)c1ccc(F)cc1. The highest BCUT2D eigenvalue weighted by Gasteiger charge is 2.53. The van der Waals surface area contributed by atoms with Crippen LogP contribution in [0.1, 0.15) is 15.9 Å². The van der Waals surface area contributed by atoms with Crippen molar-refractivity contribution in [3.05, 3.63) is 71.5 Å². The first-order valence-electron chi connectivity index (χ1n) is 9.78. The van der Waals surface area contributed by atoms with E-state index in [1.807, 2.05) is 6.07 Å². The van der Waals surface area contributed by atoms with Crippen molar-refractivity contribution in [3.63, 3.8) is 0 Å². The predicted molar refractivity (Wildman–Crippen MR) is 106 cm³/mol. The van der Waals surface area contributed by atoms with Gasteiger partial charge in [-0.1, -0.05) is 30.3 Å². The molecule has 0 saturated carbocycles. The van der Waals surface area contributed by atoms with Crippen LogP contribution in [-0.2, 0) is 5.41 Å². The zero-order chi connectivity index (χ0) is 19.1. The summed E-state index contributed by atoms with van der Waals surface area (Å²) >= 11 is 0. The van der Waals surface area contributed by atoms with Gasteiger partial charge in [0.05, 0.1) is 11.1 Å². The number of rotatable bonds is 3. The van der Waals surface area contributed by atoms with Gasteiger partial charge in [0.2, 0.25) is 0 Å². The van der Waals surface area contributed by atoms with E-state index in [1.165, 1.54) is 29.8 Å². The van der Waals surface area contributed by atoms with Crippen molar-refractivity contribution in [2.45, 2.75) is 5.41 Å². The fraction of sp³-hybridized carbons (Fsp3) is 0.364. The third-order valence-electron chi connectivity index (χ3n) is 6.26. The topological polar surface area (TPSA) is 47.9 Å². The van der Waals surface area contributed by atoms with E-state index in [9.17, 15) is 9.18 Å². The Morgan fingerprint density at radius 1 is 1.00 bits per heavy atom. The van der Waals surface area contributed by atoms with Crippen molar-refractivity contribution in [2.75, 3.05) is 39.3 Å². The van der Waals surface area contributed by atoms with Crippen LogP contribution in [0, 0.1) is 11.7 Å². The second kappa shape index (κ2) is 6.79. The lowest BCUT2D eigenvalue weighted by Crippen LogP contribution is -2.64. The molecule has 144 valence electrons. The molecule has 4 aliphatic rings. The first-order valence-corrected chi connectivity index (χ1v) is 9.78. The quantitative estimate of drug-likeness (QED) is 0.833. The molecule has 0 aromatic heterocycles. The Morgan fingerprint density at radius 2 is 1.64 bits per heavy atom. The summed E-state index contributed by atoms with van der Waals surface area (Å²) in [7, 11) is 0. The second-order valence-corrected chi connectivity index (χ2v) is 8.06. The summed E-state index contributed by atoms with van der Waals surface area (Å²) < 4.78 is 13.1. The van der Waals surface area contributed by atoms with Crippen molar-refractivity contribution >= 4 is 11.6 Å². The lowest BCUT2D eigenvalue weighted by atomic mass is 9.66. The Balaban J connectivity index is 1.50. The van der Waals surface area contributed by atoms with Crippen molar-refractivity contribution in [3.8, 4) is 0 Å². The molecule has 5 nitrogen and oxygen atoms in total. The minimum atomic E-state index is -0.355. The van der Waals surface area contributed by atoms with E-state index < -0.39 is 0 Å². The van der Waals surface area contributed by atoms with Crippen LogP contribution in [0.5, 0.6) is 0 Å². The molecule has 0 spiro atoms. The van der Waals surface area contributed by atoms with Gasteiger partial charge in [-0.15, -0.1) is 0 Å². The number of halogens is 1. The van der Waals surface area contributed by atoms with Gasteiger partial charge in [-0.2, -0.15) is 5.10 Å². The van der Waals surface area contributed by atoms with Gasteiger partial charge in [-0.05, 0) is 29.8 Å². The molecular formula is C22H23FN4O. The van der Waals surface area contributed by atoms with Crippen LogP contribution in [-0.4, -0.2) is 60.7 Å². The molecule has 1 amide bonds. The standard InChI is InChI=1S/C22H23FN4O/c23-19-8-6-16(7-9-19)21(28)25-24-20-17-12-26-10-11-27(13-17)15-22(20,14-26)18-4-2-1-3-5-18/h1-9,17H,10-15H2,(H,25,28)/b24-20-. The predicted octanol–water partition coefficient (Wildman–Crippen LogP) is 2.11. The summed E-state index contributed by atoms with van der Waals surface area (Å²) in [6.45, 7) is 5.98. The van der Waals surface area contributed by atoms with E-state index in [-0.39, 0.29) is 17.1 Å². The first-order chi connectivity index (χ1) is 13.6. The molecule has 2 aromatic carbocycles. The number of carbonyl (C=O) groups excluding carboxylic acids is 1. The third-order valence-corrected chi connectivity index (χ3v) is 6.26. The molecule has 4 saturated heterocycles. The molecule has 6 heteroatoms. The normalized spacial score (nSPS) is 32.3. The maximum Gasteiger partial charge on any atom is 0.271 e. The molecule has 4 aliphatic heterocycles. The van der Waals surface area contributed by atoms with Crippen molar-refractivity contribution in [1.82, 2.24) is 15.2 Å². The number of nitrogens with one attached hydrogen (secondary N) is 1.